The van der Waals surface area contributed by atoms with Crippen LogP contribution >= 0.6 is 0 Å². The van der Waals surface area contributed by atoms with Crippen LogP contribution in [0.25, 0.3) is 22.4 Å². The Morgan fingerprint density at radius 2 is 2.23 bits per heavy atom. The van der Waals surface area contributed by atoms with Crippen molar-refractivity contribution >= 4 is 11.2 Å². The lowest BCUT2D eigenvalue weighted by Crippen LogP contribution is -2.14. The largest absolute Gasteiger partial charge is 0.394 e. The van der Waals surface area contributed by atoms with E-state index >= 15 is 0 Å². The lowest BCUT2D eigenvalue weighted by molar-refractivity contribution is -0.0207. The molecule has 7 heteroatoms. The number of fused-ring (bicyclic) bond motifs is 1. The van der Waals surface area contributed by atoms with Gasteiger partial charge in [0.05, 0.1) is 19.0 Å². The fourth-order valence-electron chi connectivity index (χ4n) is 2.80. The Hall–Kier alpha value is -2.38. The topological polar surface area (TPSA) is 86.0 Å². The van der Waals surface area contributed by atoms with Crippen LogP contribution in [0.3, 0.4) is 0 Å². The van der Waals surface area contributed by atoms with Gasteiger partial charge in [-0.05, 0) is 25.0 Å². The van der Waals surface area contributed by atoms with Gasteiger partial charge in [-0.2, -0.15) is 0 Å². The van der Waals surface area contributed by atoms with Crippen molar-refractivity contribution < 1.29 is 9.84 Å². The van der Waals surface area contributed by atoms with E-state index in [1.54, 1.807) is 18.7 Å². The third kappa shape index (κ3) is 2.15. The number of rotatable bonds is 3. The number of hydrogen-bond donors (Lipinski definition) is 1. The van der Waals surface area contributed by atoms with Crippen LogP contribution in [0.1, 0.15) is 19.1 Å². The van der Waals surface area contributed by atoms with Crippen LogP contribution in [-0.4, -0.2) is 42.3 Å². The number of aliphatic hydroxyl groups is 1. The molecule has 4 heterocycles. The molecule has 3 aromatic heterocycles. The molecule has 112 valence electrons. The van der Waals surface area contributed by atoms with E-state index < -0.39 is 0 Å². The van der Waals surface area contributed by atoms with Crippen LogP contribution in [0.2, 0.25) is 0 Å². The van der Waals surface area contributed by atoms with Crippen LogP contribution in [0.5, 0.6) is 0 Å². The van der Waals surface area contributed by atoms with Gasteiger partial charge in [0.15, 0.2) is 5.65 Å². The summed E-state index contributed by atoms with van der Waals surface area (Å²) in [6.45, 7) is 0.0407. The maximum absolute atomic E-state index is 9.20. The quantitative estimate of drug-likeness (QED) is 0.789. The second kappa shape index (κ2) is 5.43. The van der Waals surface area contributed by atoms with Gasteiger partial charge in [-0.3, -0.25) is 9.55 Å². The van der Waals surface area contributed by atoms with Crippen LogP contribution in [0.15, 0.2) is 37.2 Å². The molecule has 0 aromatic carbocycles. The lowest BCUT2D eigenvalue weighted by Gasteiger charge is -2.13. The van der Waals surface area contributed by atoms with E-state index in [0.717, 1.165) is 35.3 Å². The zero-order chi connectivity index (χ0) is 14.9. The van der Waals surface area contributed by atoms with Crippen molar-refractivity contribution in [3.63, 3.8) is 0 Å². The second-order valence-corrected chi connectivity index (χ2v) is 5.26. The molecule has 0 spiro atoms. The van der Waals surface area contributed by atoms with Gasteiger partial charge in [0.25, 0.3) is 0 Å². The zero-order valence-electron chi connectivity index (χ0n) is 11.8. The van der Waals surface area contributed by atoms with E-state index in [-0.39, 0.29) is 18.9 Å². The van der Waals surface area contributed by atoms with E-state index in [1.165, 1.54) is 6.33 Å². The Kier molecular flexibility index (Phi) is 3.28. The highest BCUT2D eigenvalue weighted by atomic mass is 16.5. The molecule has 7 nitrogen and oxygen atoms in total. The Morgan fingerprint density at radius 1 is 1.27 bits per heavy atom. The third-order valence-electron chi connectivity index (χ3n) is 3.89. The van der Waals surface area contributed by atoms with Crippen molar-refractivity contribution in [2.45, 2.75) is 25.2 Å². The van der Waals surface area contributed by atoms with Crippen molar-refractivity contribution in [3.05, 3.63) is 37.2 Å². The Balaban J connectivity index is 1.78. The Morgan fingerprint density at radius 3 is 3.00 bits per heavy atom. The summed E-state index contributed by atoms with van der Waals surface area (Å²) in [6.07, 6.45) is 8.16. The monoisotopic (exact) mass is 297 g/mol. The molecule has 1 aliphatic heterocycles. The molecule has 1 saturated heterocycles. The number of imidazole rings is 1. The fourth-order valence-corrected chi connectivity index (χ4v) is 2.80. The van der Waals surface area contributed by atoms with Gasteiger partial charge in [-0.1, -0.05) is 0 Å². The van der Waals surface area contributed by atoms with Crippen molar-refractivity contribution in [2.24, 2.45) is 0 Å². The van der Waals surface area contributed by atoms with Gasteiger partial charge in [0.1, 0.15) is 23.8 Å². The molecule has 0 saturated carbocycles. The summed E-state index contributed by atoms with van der Waals surface area (Å²) in [5.74, 6) is 0. The summed E-state index contributed by atoms with van der Waals surface area (Å²) in [6, 6.07) is 3.81. The number of nitrogens with zero attached hydrogens (tertiary/aromatic N) is 5. The minimum atomic E-state index is -0.140. The molecular formula is C15H15N5O2. The van der Waals surface area contributed by atoms with Crippen LogP contribution < -0.4 is 0 Å². The predicted molar refractivity (Wildman–Crippen MR) is 78.8 cm³/mol. The SMILES string of the molecule is OCC1CCC(n2cnc3c(-c4cccnc4)ncnc32)O1. The van der Waals surface area contributed by atoms with Crippen LogP contribution in [0.4, 0.5) is 0 Å². The minimum Gasteiger partial charge on any atom is -0.394 e. The molecule has 4 rings (SSSR count). The molecule has 0 bridgehead atoms. The number of hydrogen-bond acceptors (Lipinski definition) is 6. The molecule has 1 fully saturated rings. The highest BCUT2D eigenvalue weighted by molar-refractivity contribution is 5.86. The van der Waals surface area contributed by atoms with E-state index in [9.17, 15) is 5.11 Å². The molecule has 2 atom stereocenters. The smallest absolute Gasteiger partial charge is 0.165 e. The first-order chi connectivity index (χ1) is 10.9. The standard InChI is InChI=1S/C15H15N5O2/c21-7-11-3-4-12(22-11)20-9-19-14-13(17-8-18-15(14)20)10-2-1-5-16-6-10/h1-2,5-6,8-9,11-12,21H,3-4,7H2. The van der Waals surface area contributed by atoms with E-state index in [4.69, 9.17) is 4.74 Å². The van der Waals surface area contributed by atoms with Gasteiger partial charge < -0.3 is 9.84 Å². The van der Waals surface area contributed by atoms with Gasteiger partial charge in [-0.15, -0.1) is 0 Å². The lowest BCUT2D eigenvalue weighted by atomic mass is 10.2. The maximum atomic E-state index is 9.20. The van der Waals surface area contributed by atoms with Crippen molar-refractivity contribution in [2.75, 3.05) is 6.61 Å². The number of pyridine rings is 1. The fraction of sp³-hybridized carbons (Fsp3) is 0.333. The summed E-state index contributed by atoms with van der Waals surface area (Å²) in [5.41, 5.74) is 3.12. The van der Waals surface area contributed by atoms with Crippen molar-refractivity contribution in [3.8, 4) is 11.3 Å². The van der Waals surface area contributed by atoms with Crippen molar-refractivity contribution in [1.82, 2.24) is 24.5 Å². The summed E-state index contributed by atoms with van der Waals surface area (Å²) >= 11 is 0. The van der Waals surface area contributed by atoms with Gasteiger partial charge >= 0.3 is 0 Å². The maximum Gasteiger partial charge on any atom is 0.165 e. The molecule has 2 unspecified atom stereocenters. The number of aliphatic hydroxyl groups excluding tert-OH is 1. The number of ether oxygens (including phenoxy) is 1. The minimum absolute atomic E-state index is 0.0407. The second-order valence-electron chi connectivity index (χ2n) is 5.26. The molecule has 22 heavy (non-hydrogen) atoms. The first-order valence-corrected chi connectivity index (χ1v) is 7.21. The molecule has 0 amide bonds. The van der Waals surface area contributed by atoms with Crippen molar-refractivity contribution in [1.29, 1.82) is 0 Å². The van der Waals surface area contributed by atoms with Crippen LogP contribution in [0, 0.1) is 0 Å². The normalized spacial score (nSPS) is 21.5. The zero-order valence-corrected chi connectivity index (χ0v) is 11.8. The molecule has 0 radical (unpaired) electrons. The van der Waals surface area contributed by atoms with E-state index in [1.807, 2.05) is 16.7 Å². The van der Waals surface area contributed by atoms with Gasteiger partial charge in [0.2, 0.25) is 0 Å². The predicted octanol–water partition coefficient (Wildman–Crippen LogP) is 1.56. The summed E-state index contributed by atoms with van der Waals surface area (Å²) in [4.78, 5) is 17.3. The van der Waals surface area contributed by atoms with Crippen LogP contribution in [-0.2, 0) is 4.74 Å². The highest BCUT2D eigenvalue weighted by Crippen LogP contribution is 2.31. The average molecular weight is 297 g/mol. The summed E-state index contributed by atoms with van der Waals surface area (Å²) in [7, 11) is 0. The molecule has 1 aliphatic rings. The van der Waals surface area contributed by atoms with Gasteiger partial charge in [0, 0.05) is 18.0 Å². The third-order valence-corrected chi connectivity index (χ3v) is 3.89. The molecule has 1 N–H and O–H groups in total. The Labute approximate surface area is 126 Å². The molecular weight excluding hydrogens is 282 g/mol. The highest BCUT2D eigenvalue weighted by Gasteiger charge is 2.27. The number of aromatic nitrogens is 5. The van der Waals surface area contributed by atoms with Gasteiger partial charge in [-0.25, -0.2) is 15.0 Å². The van der Waals surface area contributed by atoms with E-state index in [2.05, 4.69) is 19.9 Å². The summed E-state index contributed by atoms with van der Waals surface area (Å²) < 4.78 is 7.72. The Bertz CT molecular complexity index is 789. The first-order valence-electron chi connectivity index (χ1n) is 7.21. The average Bonchev–Trinajstić information content (AvgIpc) is 3.21. The first kappa shape index (κ1) is 13.3. The summed E-state index contributed by atoms with van der Waals surface area (Å²) in [5, 5.41) is 9.20. The van der Waals surface area contributed by atoms with E-state index in [0.29, 0.717) is 0 Å². The molecule has 0 aliphatic carbocycles. The molecule has 3 aromatic rings.